The first kappa shape index (κ1) is 14.0. The van der Waals surface area contributed by atoms with E-state index in [0.29, 0.717) is 12.2 Å². The minimum atomic E-state index is 0.500. The van der Waals surface area contributed by atoms with E-state index < -0.39 is 0 Å². The fourth-order valence-electron chi connectivity index (χ4n) is 0.415. The van der Waals surface area contributed by atoms with Crippen LogP contribution < -0.4 is 0 Å². The second-order valence-electron chi connectivity index (χ2n) is 1.48. The van der Waals surface area contributed by atoms with Crippen LogP contribution in [0.5, 0.6) is 0 Å². The van der Waals surface area contributed by atoms with E-state index >= 15 is 0 Å². The maximum atomic E-state index is 8.24. The zero-order valence-electron chi connectivity index (χ0n) is 6.48. The van der Waals surface area contributed by atoms with Crippen LogP contribution in [0.3, 0.4) is 0 Å². The second-order valence-corrected chi connectivity index (χ2v) is 2.39. The molecule has 0 saturated heterocycles. The van der Waals surface area contributed by atoms with Crippen molar-refractivity contribution in [2.45, 2.75) is 0 Å². The molecule has 0 amide bonds. The zero-order chi connectivity index (χ0) is 10.5. The van der Waals surface area contributed by atoms with Crippen molar-refractivity contribution in [3.05, 3.63) is 45.6 Å². The summed E-state index contributed by atoms with van der Waals surface area (Å²) in [5.74, 6) is 0. The van der Waals surface area contributed by atoms with Crippen molar-refractivity contribution >= 4 is 28.1 Å². The Morgan fingerprint density at radius 2 is 1.31 bits per heavy atom. The zero-order valence-corrected chi connectivity index (χ0v) is 8.06. The molecule has 68 valence electrons. The lowest BCUT2D eigenvalue weighted by Gasteiger charge is -1.80. The number of hydrogen-bond acceptors (Lipinski definition) is 2. The van der Waals surface area contributed by atoms with E-state index in [1.54, 1.807) is 0 Å². The van der Waals surface area contributed by atoms with E-state index in [-0.39, 0.29) is 0 Å². The van der Waals surface area contributed by atoms with Crippen LogP contribution in [-0.4, -0.2) is 12.2 Å². The molecule has 0 radical (unpaired) electrons. The molecule has 0 unspecified atom stereocenters. The lowest BCUT2D eigenvalue weighted by atomic mass is 10.4. The van der Waals surface area contributed by atoms with E-state index in [1.807, 2.05) is 30.3 Å². The highest BCUT2D eigenvalue weighted by Crippen LogP contribution is 2.05. The van der Waals surface area contributed by atoms with Gasteiger partial charge in [-0.15, -0.1) is 0 Å². The van der Waals surface area contributed by atoms with Crippen molar-refractivity contribution in [1.82, 2.24) is 0 Å². The fourth-order valence-corrected chi connectivity index (χ4v) is 0.720. The average Bonchev–Trinajstić information content (AvgIpc) is 2.08. The van der Waals surface area contributed by atoms with Gasteiger partial charge in [0.2, 0.25) is 0 Å². The van der Waals surface area contributed by atoms with Crippen molar-refractivity contribution in [2.75, 3.05) is 0 Å². The van der Waals surface area contributed by atoms with Gasteiger partial charge in [0, 0.05) is 4.47 Å². The molecule has 1 rings (SSSR count). The Kier molecular flexibility index (Phi) is 14.1. The van der Waals surface area contributed by atoms with Crippen LogP contribution in [0.1, 0.15) is 0 Å². The predicted molar refractivity (Wildman–Crippen MR) is 52.2 cm³/mol. The molecule has 0 aliphatic carbocycles. The summed E-state index contributed by atoms with van der Waals surface area (Å²) in [5, 5.41) is 13.5. The third-order valence-corrected chi connectivity index (χ3v) is 1.26. The number of benzene rings is 1. The Labute approximate surface area is 83.7 Å². The highest BCUT2D eigenvalue weighted by molar-refractivity contribution is 9.10. The molecule has 5 heteroatoms. The summed E-state index contributed by atoms with van der Waals surface area (Å²) < 4.78 is 1.13. The normalized spacial score (nSPS) is 5.92. The van der Waals surface area contributed by atoms with Gasteiger partial charge < -0.3 is 10.8 Å². The molecule has 0 bridgehead atoms. The van der Waals surface area contributed by atoms with Crippen LogP contribution >= 0.6 is 15.9 Å². The number of hydrogen-bond donors (Lipinski definition) is 0. The third kappa shape index (κ3) is 17.9. The molecule has 0 spiro atoms. The highest BCUT2D eigenvalue weighted by atomic mass is 79.9. The van der Waals surface area contributed by atoms with Crippen molar-refractivity contribution in [1.29, 1.82) is 0 Å². The van der Waals surface area contributed by atoms with Gasteiger partial charge in [-0.2, -0.15) is 0 Å². The number of rotatable bonds is 0. The SMILES string of the molecule is Brc1ccccc1.[N-]=C=O.[N-]=C=O. The molecule has 0 aliphatic rings. The van der Waals surface area contributed by atoms with Gasteiger partial charge in [-0.25, -0.2) is 0 Å². The summed E-state index contributed by atoms with van der Waals surface area (Å²) in [6.07, 6.45) is 1.00. The molecule has 0 saturated carbocycles. The van der Waals surface area contributed by atoms with Gasteiger partial charge in [0.05, 0.1) is 0 Å². The smallest absolute Gasteiger partial charge is 0.0175 e. The molecular weight excluding hydrogens is 236 g/mol. The molecule has 4 nitrogen and oxygen atoms in total. The summed E-state index contributed by atoms with van der Waals surface area (Å²) in [4.78, 5) is 16.5. The summed E-state index contributed by atoms with van der Waals surface area (Å²) in [6, 6.07) is 9.97. The first-order valence-corrected chi connectivity index (χ1v) is 3.75. The second kappa shape index (κ2) is 13.1. The number of nitrogens with zero attached hydrogens (tertiary/aromatic N) is 2. The van der Waals surface area contributed by atoms with Crippen LogP contribution in [0.15, 0.2) is 34.8 Å². The number of carbonyl (C=O) groups excluding carboxylic acids is 2. The van der Waals surface area contributed by atoms with Crippen molar-refractivity contribution in [3.63, 3.8) is 0 Å². The van der Waals surface area contributed by atoms with Gasteiger partial charge in [-0.3, -0.25) is 9.59 Å². The Morgan fingerprint density at radius 1 is 1.00 bits per heavy atom. The summed E-state index contributed by atoms with van der Waals surface area (Å²) in [5.41, 5.74) is 0. The van der Waals surface area contributed by atoms with E-state index in [2.05, 4.69) is 15.9 Å². The monoisotopic (exact) mass is 240 g/mol. The molecule has 1 aromatic rings. The van der Waals surface area contributed by atoms with E-state index in [9.17, 15) is 0 Å². The summed E-state index contributed by atoms with van der Waals surface area (Å²) >= 11 is 3.31. The Morgan fingerprint density at radius 3 is 1.46 bits per heavy atom. The van der Waals surface area contributed by atoms with E-state index in [1.165, 1.54) is 0 Å². The first-order valence-electron chi connectivity index (χ1n) is 2.96. The Balaban J connectivity index is 0. The Hall–Kier alpha value is -1.54. The molecule has 0 N–H and O–H groups in total. The van der Waals surface area contributed by atoms with Crippen LogP contribution in [0.4, 0.5) is 0 Å². The minimum absolute atomic E-state index is 0.500. The Bertz CT molecular complexity index is 263. The van der Waals surface area contributed by atoms with Gasteiger partial charge in [-0.05, 0) is 24.3 Å². The molecule has 0 aromatic heterocycles. The van der Waals surface area contributed by atoms with Gasteiger partial charge >= 0.3 is 0 Å². The summed E-state index contributed by atoms with van der Waals surface area (Å²) in [7, 11) is 0. The van der Waals surface area contributed by atoms with Crippen LogP contribution in [0.25, 0.3) is 10.8 Å². The largest absolute Gasteiger partial charge is 0.724 e. The lowest BCUT2D eigenvalue weighted by Crippen LogP contribution is -1.55. The van der Waals surface area contributed by atoms with Gasteiger partial charge in [0.15, 0.2) is 0 Å². The average molecular weight is 241 g/mol. The van der Waals surface area contributed by atoms with Crippen LogP contribution in [-0.2, 0) is 9.59 Å². The van der Waals surface area contributed by atoms with Gasteiger partial charge in [0.25, 0.3) is 0 Å². The molecule has 13 heavy (non-hydrogen) atoms. The van der Waals surface area contributed by atoms with Crippen molar-refractivity contribution in [2.24, 2.45) is 0 Å². The molecule has 0 fully saturated rings. The maximum Gasteiger partial charge on any atom is 0.0175 e. The van der Waals surface area contributed by atoms with Crippen molar-refractivity contribution < 1.29 is 9.59 Å². The molecular formula is C8H5BrN2O2-2. The van der Waals surface area contributed by atoms with Gasteiger partial charge in [-0.1, -0.05) is 34.1 Å². The highest BCUT2D eigenvalue weighted by Gasteiger charge is 1.74. The first-order chi connectivity index (χ1) is 6.22. The third-order valence-electron chi connectivity index (χ3n) is 0.733. The summed E-state index contributed by atoms with van der Waals surface area (Å²) in [6.45, 7) is 0. The van der Waals surface area contributed by atoms with Crippen LogP contribution in [0.2, 0.25) is 0 Å². The van der Waals surface area contributed by atoms with Crippen molar-refractivity contribution in [3.8, 4) is 0 Å². The van der Waals surface area contributed by atoms with Gasteiger partial charge in [0.1, 0.15) is 0 Å². The maximum absolute atomic E-state index is 8.24. The number of isocyanates is 2. The standard InChI is InChI=1S/C6H5Br.2CNO/c7-6-4-2-1-3-5-6;2*2-1-3/h1-5H;;/q;2*-1. The van der Waals surface area contributed by atoms with E-state index in [4.69, 9.17) is 20.4 Å². The molecule has 0 aliphatic heterocycles. The predicted octanol–water partition coefficient (Wildman–Crippen LogP) is 2.23. The quantitative estimate of drug-likeness (QED) is 0.515. The lowest BCUT2D eigenvalue weighted by molar-refractivity contribution is 0.568. The minimum Gasteiger partial charge on any atom is -0.724 e. The fraction of sp³-hybridized carbons (Fsp3) is 0. The topological polar surface area (TPSA) is 78.7 Å². The van der Waals surface area contributed by atoms with E-state index in [0.717, 1.165) is 4.47 Å². The number of halogens is 1. The van der Waals surface area contributed by atoms with Crippen LogP contribution in [0, 0.1) is 0 Å². The molecule has 0 atom stereocenters. The molecule has 0 heterocycles. The molecule has 1 aromatic carbocycles.